The number of para-hydroxylation sites is 2. The first-order valence-electron chi connectivity index (χ1n) is 8.26. The van der Waals surface area contributed by atoms with Crippen molar-refractivity contribution < 1.29 is 22.6 Å². The molecule has 142 valence electrons. The summed E-state index contributed by atoms with van der Waals surface area (Å²) >= 11 is 0. The van der Waals surface area contributed by atoms with Crippen molar-refractivity contribution in [2.24, 2.45) is 5.92 Å². The molecule has 0 amide bonds. The molecule has 0 saturated carbocycles. The highest BCUT2D eigenvalue weighted by molar-refractivity contribution is 5.62. The third-order valence-corrected chi connectivity index (χ3v) is 3.11. The van der Waals surface area contributed by atoms with Gasteiger partial charge >= 0.3 is 6.18 Å². The summed E-state index contributed by atoms with van der Waals surface area (Å²) in [5, 5.41) is 2.89. The summed E-state index contributed by atoms with van der Waals surface area (Å²) in [5.41, 5.74) is -0.453. The number of nitrogens with one attached hydrogen (secondary N) is 1. The second kappa shape index (κ2) is 8.25. The van der Waals surface area contributed by atoms with Crippen LogP contribution < -0.4 is 14.8 Å². The molecular weight excluding hydrogens is 347 g/mol. The number of hydrogen-bond donors (Lipinski definition) is 1. The second-order valence-electron chi connectivity index (χ2n) is 6.40. The van der Waals surface area contributed by atoms with E-state index in [0.717, 1.165) is 6.20 Å². The first kappa shape index (κ1) is 19.8. The van der Waals surface area contributed by atoms with Crippen LogP contribution in [0.5, 0.6) is 11.6 Å². The SMILES string of the molecule is CC(C)COc1nc(Nc2ccccc2OC(C)C)ncc1C(F)(F)F. The summed E-state index contributed by atoms with van der Waals surface area (Å²) in [4.78, 5) is 7.68. The molecule has 0 spiro atoms. The number of anilines is 2. The number of halogens is 3. The lowest BCUT2D eigenvalue weighted by Crippen LogP contribution is -2.15. The number of benzene rings is 1. The van der Waals surface area contributed by atoms with Crippen LogP contribution in [-0.4, -0.2) is 22.7 Å². The number of rotatable bonds is 7. The van der Waals surface area contributed by atoms with Crippen molar-refractivity contribution in [3.63, 3.8) is 0 Å². The number of alkyl halides is 3. The molecule has 1 aromatic carbocycles. The number of ether oxygens (including phenoxy) is 2. The highest BCUT2D eigenvalue weighted by Gasteiger charge is 2.36. The molecule has 1 aromatic heterocycles. The van der Waals surface area contributed by atoms with E-state index in [9.17, 15) is 13.2 Å². The van der Waals surface area contributed by atoms with Gasteiger partial charge in [-0.3, -0.25) is 0 Å². The van der Waals surface area contributed by atoms with E-state index < -0.39 is 17.6 Å². The lowest BCUT2D eigenvalue weighted by atomic mass is 10.2. The molecule has 8 heteroatoms. The van der Waals surface area contributed by atoms with E-state index in [2.05, 4.69) is 15.3 Å². The third kappa shape index (κ3) is 5.50. The van der Waals surface area contributed by atoms with Gasteiger partial charge in [0.25, 0.3) is 0 Å². The van der Waals surface area contributed by atoms with Crippen LogP contribution in [0.3, 0.4) is 0 Å². The van der Waals surface area contributed by atoms with Crippen LogP contribution in [0.1, 0.15) is 33.3 Å². The minimum Gasteiger partial charge on any atom is -0.489 e. The Hall–Kier alpha value is -2.51. The van der Waals surface area contributed by atoms with E-state index in [0.29, 0.717) is 11.4 Å². The van der Waals surface area contributed by atoms with Crippen LogP contribution >= 0.6 is 0 Å². The Morgan fingerprint density at radius 3 is 2.42 bits per heavy atom. The standard InChI is InChI=1S/C18H22F3N3O2/c1-11(2)10-25-16-13(18(19,20)21)9-22-17(24-16)23-14-7-5-6-8-15(14)26-12(3)4/h5-9,11-12H,10H2,1-4H3,(H,22,23,24). The molecule has 1 N–H and O–H groups in total. The maximum atomic E-state index is 13.1. The predicted molar refractivity (Wildman–Crippen MR) is 92.9 cm³/mol. The molecule has 26 heavy (non-hydrogen) atoms. The quantitative estimate of drug-likeness (QED) is 0.739. The maximum Gasteiger partial charge on any atom is 0.423 e. The van der Waals surface area contributed by atoms with Gasteiger partial charge in [0, 0.05) is 6.20 Å². The topological polar surface area (TPSA) is 56.3 Å². The molecule has 0 atom stereocenters. The van der Waals surface area contributed by atoms with E-state index in [-0.39, 0.29) is 24.6 Å². The Kier molecular flexibility index (Phi) is 6.28. The Morgan fingerprint density at radius 2 is 1.81 bits per heavy atom. The van der Waals surface area contributed by atoms with E-state index in [1.54, 1.807) is 24.3 Å². The molecule has 0 unspecified atom stereocenters. The summed E-state index contributed by atoms with van der Waals surface area (Å²) in [6.45, 7) is 7.55. The molecule has 0 fully saturated rings. The summed E-state index contributed by atoms with van der Waals surface area (Å²) in [7, 11) is 0. The van der Waals surface area contributed by atoms with E-state index in [1.807, 2.05) is 27.7 Å². The molecule has 1 heterocycles. The molecule has 0 aliphatic heterocycles. The van der Waals surface area contributed by atoms with Gasteiger partial charge in [-0.05, 0) is 31.9 Å². The Bertz CT molecular complexity index is 734. The zero-order valence-electron chi connectivity index (χ0n) is 15.1. The van der Waals surface area contributed by atoms with Crippen molar-refractivity contribution in [2.75, 3.05) is 11.9 Å². The predicted octanol–water partition coefficient (Wildman–Crippen LogP) is 5.06. The van der Waals surface area contributed by atoms with E-state index in [1.165, 1.54) is 0 Å². The smallest absolute Gasteiger partial charge is 0.423 e. The van der Waals surface area contributed by atoms with Crippen molar-refractivity contribution in [3.8, 4) is 11.6 Å². The van der Waals surface area contributed by atoms with Crippen molar-refractivity contribution in [1.29, 1.82) is 0 Å². The average Bonchev–Trinajstić information content (AvgIpc) is 2.53. The maximum absolute atomic E-state index is 13.1. The monoisotopic (exact) mass is 369 g/mol. The van der Waals surface area contributed by atoms with Crippen LogP contribution in [0.4, 0.5) is 24.8 Å². The average molecular weight is 369 g/mol. The Labute approximate surface area is 150 Å². The van der Waals surface area contributed by atoms with Crippen LogP contribution in [0.2, 0.25) is 0 Å². The van der Waals surface area contributed by atoms with Crippen LogP contribution in [0, 0.1) is 5.92 Å². The minimum atomic E-state index is -4.59. The zero-order valence-corrected chi connectivity index (χ0v) is 15.1. The highest BCUT2D eigenvalue weighted by Crippen LogP contribution is 2.36. The van der Waals surface area contributed by atoms with Gasteiger partial charge in [0.1, 0.15) is 11.3 Å². The molecule has 0 saturated heterocycles. The summed E-state index contributed by atoms with van der Waals surface area (Å²) in [5.74, 6) is 0.112. The van der Waals surface area contributed by atoms with E-state index >= 15 is 0 Å². The fourth-order valence-corrected chi connectivity index (χ4v) is 2.02. The van der Waals surface area contributed by atoms with Crippen LogP contribution in [0.15, 0.2) is 30.5 Å². The Balaban J connectivity index is 2.32. The van der Waals surface area contributed by atoms with Gasteiger partial charge in [0.05, 0.1) is 18.4 Å². The molecule has 0 aliphatic rings. The summed E-state index contributed by atoms with van der Waals surface area (Å²) < 4.78 is 50.3. The third-order valence-electron chi connectivity index (χ3n) is 3.11. The summed E-state index contributed by atoms with van der Waals surface area (Å²) in [6.07, 6.45) is -3.93. The van der Waals surface area contributed by atoms with Crippen molar-refractivity contribution in [3.05, 3.63) is 36.0 Å². The molecular formula is C18H22F3N3O2. The van der Waals surface area contributed by atoms with Crippen LogP contribution in [-0.2, 0) is 6.18 Å². The van der Waals surface area contributed by atoms with Crippen LogP contribution in [0.25, 0.3) is 0 Å². The minimum absolute atomic E-state index is 0.00318. The zero-order chi connectivity index (χ0) is 19.3. The lowest BCUT2D eigenvalue weighted by Gasteiger charge is -2.17. The molecule has 0 radical (unpaired) electrons. The van der Waals surface area contributed by atoms with Gasteiger partial charge in [0.15, 0.2) is 0 Å². The first-order chi connectivity index (χ1) is 12.2. The Morgan fingerprint density at radius 1 is 1.12 bits per heavy atom. The van der Waals surface area contributed by atoms with Crippen molar-refractivity contribution in [1.82, 2.24) is 9.97 Å². The lowest BCUT2D eigenvalue weighted by molar-refractivity contribution is -0.139. The first-order valence-corrected chi connectivity index (χ1v) is 8.26. The van der Waals surface area contributed by atoms with Gasteiger partial charge in [0.2, 0.25) is 11.8 Å². The number of hydrogen-bond acceptors (Lipinski definition) is 5. The molecule has 2 rings (SSSR count). The fourth-order valence-electron chi connectivity index (χ4n) is 2.02. The van der Waals surface area contributed by atoms with E-state index in [4.69, 9.17) is 9.47 Å². The largest absolute Gasteiger partial charge is 0.489 e. The molecule has 2 aromatic rings. The van der Waals surface area contributed by atoms with Gasteiger partial charge in [-0.1, -0.05) is 26.0 Å². The normalized spacial score (nSPS) is 11.7. The molecule has 0 bridgehead atoms. The highest BCUT2D eigenvalue weighted by atomic mass is 19.4. The second-order valence-corrected chi connectivity index (χ2v) is 6.40. The molecule has 0 aliphatic carbocycles. The summed E-state index contributed by atoms with van der Waals surface area (Å²) in [6, 6.07) is 7.05. The van der Waals surface area contributed by atoms with Gasteiger partial charge in [-0.2, -0.15) is 18.2 Å². The van der Waals surface area contributed by atoms with Gasteiger partial charge in [-0.25, -0.2) is 4.98 Å². The number of nitrogens with zero attached hydrogens (tertiary/aromatic N) is 2. The van der Waals surface area contributed by atoms with Gasteiger partial charge < -0.3 is 14.8 Å². The van der Waals surface area contributed by atoms with Crippen molar-refractivity contribution >= 4 is 11.6 Å². The number of aromatic nitrogens is 2. The van der Waals surface area contributed by atoms with Crippen molar-refractivity contribution in [2.45, 2.75) is 40.0 Å². The van der Waals surface area contributed by atoms with Gasteiger partial charge in [-0.15, -0.1) is 0 Å². The fraction of sp³-hybridized carbons (Fsp3) is 0.444. The molecule has 5 nitrogen and oxygen atoms in total.